The molecule has 0 aliphatic rings. The van der Waals surface area contributed by atoms with E-state index in [1.54, 1.807) is 0 Å². The Bertz CT molecular complexity index is 474. The Balaban J connectivity index is 0.000000486. The zero-order chi connectivity index (χ0) is 17.0. The summed E-state index contributed by atoms with van der Waals surface area (Å²) in [6.45, 7) is 7.19. The van der Waals surface area contributed by atoms with Gasteiger partial charge in [0, 0.05) is 5.56 Å². The number of hydrogen-bond donors (Lipinski definition) is 0. The van der Waals surface area contributed by atoms with Gasteiger partial charge < -0.3 is 4.74 Å². The number of halogens is 6. The van der Waals surface area contributed by atoms with Crippen molar-refractivity contribution in [1.29, 1.82) is 0 Å². The molecule has 0 saturated heterocycles. The normalized spacial score (nSPS) is 14.6. The van der Waals surface area contributed by atoms with Crippen molar-refractivity contribution in [3.8, 4) is 5.75 Å². The molecule has 1 aromatic rings. The third-order valence-electron chi connectivity index (χ3n) is 2.49. The van der Waals surface area contributed by atoms with Gasteiger partial charge in [-0.2, -0.15) is 0 Å². The topological polar surface area (TPSA) is 9.23 Å². The van der Waals surface area contributed by atoms with Crippen molar-refractivity contribution < 1.29 is 29.9 Å². The molecule has 1 nitrogen and oxygen atoms in total. The van der Waals surface area contributed by atoms with Crippen molar-refractivity contribution in [2.75, 3.05) is 6.61 Å². The first-order chi connectivity index (χ1) is 9.11. The fourth-order valence-electron chi connectivity index (χ4n) is 1.28. The van der Waals surface area contributed by atoms with Gasteiger partial charge in [-0.3, -0.25) is 0 Å². The summed E-state index contributed by atoms with van der Waals surface area (Å²) >= 11 is 3.56. The molecule has 0 spiro atoms. The van der Waals surface area contributed by atoms with Gasteiger partial charge in [0.1, 0.15) is 5.75 Å². The van der Waals surface area contributed by atoms with Crippen LogP contribution in [0.2, 0.25) is 0 Å². The molecule has 126 valence electrons. The van der Waals surface area contributed by atoms with Crippen LogP contribution in [0.25, 0.3) is 0 Å². The van der Waals surface area contributed by atoms with Crippen molar-refractivity contribution in [3.63, 3.8) is 0 Å². The fraction of sp³-hybridized carbons (Fsp3) is 0.500. The molecule has 1 rings (SSSR count). The molecule has 9 heteroatoms. The van der Waals surface area contributed by atoms with E-state index in [9.17, 15) is 25.2 Å². The van der Waals surface area contributed by atoms with Gasteiger partial charge in [-0.05, 0) is 50.6 Å². The van der Waals surface area contributed by atoms with E-state index < -0.39 is 7.81 Å². The van der Waals surface area contributed by atoms with E-state index in [1.807, 2.05) is 12.1 Å². The zero-order valence-electron chi connectivity index (χ0n) is 11.9. The van der Waals surface area contributed by atoms with Crippen LogP contribution in [-0.4, -0.2) is 6.61 Å². The Kier molecular flexibility index (Phi) is 6.06. The van der Waals surface area contributed by atoms with E-state index in [1.165, 1.54) is 17.5 Å². The minimum absolute atomic E-state index is 0.817. The summed E-state index contributed by atoms with van der Waals surface area (Å²) in [5, 5.41) is 0. The second kappa shape index (κ2) is 6.24. The van der Waals surface area contributed by atoms with E-state index in [0.29, 0.717) is 0 Å². The number of rotatable bonds is 4. The van der Waals surface area contributed by atoms with Crippen LogP contribution in [0.3, 0.4) is 0 Å². The molecule has 1 aromatic carbocycles. The van der Waals surface area contributed by atoms with Crippen molar-refractivity contribution in [3.05, 3.63) is 23.3 Å². The Hall–Kier alpha value is -0.620. The summed E-state index contributed by atoms with van der Waals surface area (Å²) in [6, 6.07) is 4.07. The number of ether oxygens (including phenoxy) is 1. The molecule has 0 aromatic heterocycles. The average Bonchev–Trinajstić information content (AvgIpc) is 2.25. The van der Waals surface area contributed by atoms with Crippen molar-refractivity contribution >= 4 is 20.4 Å². The van der Waals surface area contributed by atoms with E-state index in [2.05, 4.69) is 33.4 Å². The van der Waals surface area contributed by atoms with Crippen LogP contribution in [0, 0.1) is 13.8 Å². The molecule has 0 aliphatic carbocycles. The summed E-state index contributed by atoms with van der Waals surface area (Å²) in [7, 11) is -10.7. The first-order valence-electron chi connectivity index (χ1n) is 6.12. The Morgan fingerprint density at radius 2 is 1.48 bits per heavy atom. The molecule has 0 heterocycles. The van der Waals surface area contributed by atoms with Crippen molar-refractivity contribution in [1.82, 2.24) is 0 Å². The summed E-state index contributed by atoms with van der Waals surface area (Å²) in [5.74, 6) is 1.01. The van der Waals surface area contributed by atoms with E-state index >= 15 is 0 Å². The number of benzene rings is 1. The van der Waals surface area contributed by atoms with E-state index in [4.69, 9.17) is 4.74 Å². The van der Waals surface area contributed by atoms with Gasteiger partial charge in [0.25, 0.3) is 0 Å². The fourth-order valence-corrected chi connectivity index (χ4v) is 1.55. The van der Waals surface area contributed by atoms with Crippen LogP contribution in [-0.2, 0) is 12.6 Å². The van der Waals surface area contributed by atoms with Crippen LogP contribution in [0.15, 0.2) is 17.0 Å². The molecular formula is C12H19F6OPS. The monoisotopic (exact) mass is 356 g/mol. The van der Waals surface area contributed by atoms with Crippen LogP contribution in [0.1, 0.15) is 30.9 Å². The number of unbranched alkanes of at least 4 members (excludes halogenated alkanes) is 1. The second-order valence-electron chi connectivity index (χ2n) is 4.52. The predicted octanol–water partition coefficient (Wildman–Crippen LogP) is 6.24. The maximum absolute atomic E-state index is 10.7. The number of hydrogen-bond acceptors (Lipinski definition) is 1. The van der Waals surface area contributed by atoms with Gasteiger partial charge in [-0.1, -0.05) is 13.3 Å². The van der Waals surface area contributed by atoms with Crippen LogP contribution in [0.4, 0.5) is 25.2 Å². The van der Waals surface area contributed by atoms with Gasteiger partial charge in [-0.15, -0.1) is 0 Å². The Morgan fingerprint density at radius 1 is 1.00 bits per heavy atom. The molecule has 0 bridgehead atoms. The van der Waals surface area contributed by atoms with Gasteiger partial charge >= 0.3 is 33.0 Å². The third kappa shape index (κ3) is 12.8. The SMILES string of the molecule is CCCCOc1ccc([SH2+])c(C)c1C.F[P-](F)(F)(F)(F)F. The third-order valence-corrected chi connectivity index (χ3v) is 3.03. The van der Waals surface area contributed by atoms with Crippen molar-refractivity contribution in [2.45, 2.75) is 38.5 Å². The first-order valence-corrected chi connectivity index (χ1v) is 8.65. The quantitative estimate of drug-likeness (QED) is 0.269. The van der Waals surface area contributed by atoms with Crippen LogP contribution in [0.5, 0.6) is 5.75 Å². The van der Waals surface area contributed by atoms with Gasteiger partial charge in [-0.25, -0.2) is 0 Å². The molecule has 0 amide bonds. The maximum atomic E-state index is 9.87. The summed E-state index contributed by atoms with van der Waals surface area (Å²) < 4.78 is 64.9. The molecule has 0 aliphatic heterocycles. The van der Waals surface area contributed by atoms with E-state index in [0.717, 1.165) is 23.7 Å². The molecule has 0 unspecified atom stereocenters. The van der Waals surface area contributed by atoms with Crippen molar-refractivity contribution in [2.24, 2.45) is 0 Å². The zero-order valence-corrected chi connectivity index (χ0v) is 13.8. The average molecular weight is 356 g/mol. The standard InChI is InChI=1S/C12H18OS.F6P/c1-4-5-8-13-11-6-7-12(14)10(3)9(11)2;1-7(2,3,4,5)6/h6-7,14H,4-5,8H2,1-3H3;/q;-1/p+1. The molecular weight excluding hydrogens is 337 g/mol. The van der Waals surface area contributed by atoms with Crippen LogP contribution < -0.4 is 4.74 Å². The van der Waals surface area contributed by atoms with Gasteiger partial charge in [0.2, 0.25) is 0 Å². The van der Waals surface area contributed by atoms with Gasteiger partial charge in [0.15, 0.2) is 4.90 Å². The molecule has 0 fully saturated rings. The molecule has 0 radical (unpaired) electrons. The molecule has 0 saturated carbocycles. The second-order valence-corrected chi connectivity index (χ2v) is 6.98. The predicted molar refractivity (Wildman–Crippen MR) is 78.3 cm³/mol. The Morgan fingerprint density at radius 3 is 1.90 bits per heavy atom. The molecule has 0 atom stereocenters. The Labute approximate surface area is 125 Å². The summed E-state index contributed by atoms with van der Waals surface area (Å²) in [4.78, 5) is 1.14. The summed E-state index contributed by atoms with van der Waals surface area (Å²) in [5.41, 5.74) is 2.49. The molecule has 0 N–H and O–H groups in total. The first kappa shape index (κ1) is 20.4. The van der Waals surface area contributed by atoms with Gasteiger partial charge in [0.05, 0.1) is 6.61 Å². The van der Waals surface area contributed by atoms with E-state index in [-0.39, 0.29) is 0 Å². The van der Waals surface area contributed by atoms with Crippen LogP contribution >= 0.6 is 7.81 Å². The minimum atomic E-state index is -10.7. The summed E-state index contributed by atoms with van der Waals surface area (Å²) in [6.07, 6.45) is 2.29. The molecule has 21 heavy (non-hydrogen) atoms.